The van der Waals surface area contributed by atoms with Crippen molar-refractivity contribution in [3.05, 3.63) is 67.2 Å². The summed E-state index contributed by atoms with van der Waals surface area (Å²) in [6.07, 6.45) is 0. The topological polar surface area (TPSA) is 87.5 Å². The van der Waals surface area contributed by atoms with Gasteiger partial charge in [-0.2, -0.15) is 4.98 Å². The highest BCUT2D eigenvalue weighted by molar-refractivity contribution is 9.10. The number of allylic oxidation sites excluding steroid dienone is 1. The molecule has 0 saturated carbocycles. The summed E-state index contributed by atoms with van der Waals surface area (Å²) in [5, 5.41) is 9.52. The third-order valence-electron chi connectivity index (χ3n) is 5.55. The first-order valence-corrected chi connectivity index (χ1v) is 14.0. The normalized spacial score (nSPS) is 14.7. The van der Waals surface area contributed by atoms with Gasteiger partial charge in [-0.15, -0.1) is 5.10 Å². The van der Waals surface area contributed by atoms with Crippen LogP contribution in [0.5, 0.6) is 11.5 Å². The second-order valence-electron chi connectivity index (χ2n) is 7.94. The number of aromatic nitrogens is 3. The lowest BCUT2D eigenvalue weighted by molar-refractivity contribution is -0.136. The molecule has 1 aliphatic heterocycles. The van der Waals surface area contributed by atoms with Gasteiger partial charge in [-0.05, 0) is 65.4 Å². The first-order valence-electron chi connectivity index (χ1n) is 11.5. The number of anilines is 1. The molecule has 1 atom stereocenters. The largest absolute Gasteiger partial charge is 0.490 e. The zero-order valence-electron chi connectivity index (χ0n) is 20.6. The van der Waals surface area contributed by atoms with Crippen molar-refractivity contribution in [3.63, 3.8) is 0 Å². The van der Waals surface area contributed by atoms with E-state index in [-0.39, 0.29) is 6.61 Å². The number of hydrogen-bond donors (Lipinski definition) is 1. The van der Waals surface area contributed by atoms with E-state index in [0.717, 1.165) is 16.9 Å². The number of fused-ring (bicyclic) bond motifs is 1. The standard InChI is InChI=1S/C25H25BrCl2N4O4S/c1-5-35-19-10-15(9-17(26)22(19)36-12-14-7-8-16(27)11-18(14)28)21-20(23(33)34-4)13(3)29-24-30-25(37-6-2)31-32(21)24/h7-11,21H,5-6,12H2,1-4H3,(H,29,30,31). The van der Waals surface area contributed by atoms with Crippen LogP contribution in [0.3, 0.4) is 0 Å². The molecule has 196 valence electrons. The summed E-state index contributed by atoms with van der Waals surface area (Å²) in [4.78, 5) is 17.5. The third kappa shape index (κ3) is 5.87. The van der Waals surface area contributed by atoms with Gasteiger partial charge in [0.1, 0.15) is 12.6 Å². The molecule has 1 N–H and O–H groups in total. The molecule has 0 fully saturated rings. The van der Waals surface area contributed by atoms with Gasteiger partial charge < -0.3 is 19.5 Å². The van der Waals surface area contributed by atoms with Gasteiger partial charge in [0.15, 0.2) is 11.5 Å². The number of benzene rings is 2. The summed E-state index contributed by atoms with van der Waals surface area (Å²) >= 11 is 17.5. The Labute approximate surface area is 237 Å². The summed E-state index contributed by atoms with van der Waals surface area (Å²) in [5.41, 5.74) is 2.58. The lowest BCUT2D eigenvalue weighted by Gasteiger charge is -2.28. The smallest absolute Gasteiger partial charge is 0.338 e. The summed E-state index contributed by atoms with van der Waals surface area (Å²) in [6.45, 7) is 6.35. The Kier molecular flexibility index (Phi) is 8.94. The van der Waals surface area contributed by atoms with Gasteiger partial charge in [0.2, 0.25) is 11.1 Å². The highest BCUT2D eigenvalue weighted by atomic mass is 79.9. The van der Waals surface area contributed by atoms with E-state index < -0.39 is 12.0 Å². The first-order chi connectivity index (χ1) is 17.8. The van der Waals surface area contributed by atoms with Gasteiger partial charge in [0.25, 0.3) is 0 Å². The molecule has 0 spiro atoms. The molecule has 0 radical (unpaired) electrons. The molecule has 1 aromatic heterocycles. The Balaban J connectivity index is 1.78. The van der Waals surface area contributed by atoms with Gasteiger partial charge in [-0.1, -0.05) is 48.0 Å². The Morgan fingerprint density at radius 2 is 2.00 bits per heavy atom. The van der Waals surface area contributed by atoms with Crippen molar-refractivity contribution in [2.75, 3.05) is 24.8 Å². The van der Waals surface area contributed by atoms with Crippen LogP contribution in [-0.2, 0) is 16.1 Å². The number of thioether (sulfide) groups is 1. The molecule has 0 aliphatic carbocycles. The van der Waals surface area contributed by atoms with Gasteiger partial charge in [0, 0.05) is 21.3 Å². The Morgan fingerprint density at radius 3 is 2.68 bits per heavy atom. The van der Waals surface area contributed by atoms with Crippen LogP contribution in [0.15, 0.2) is 51.2 Å². The number of ether oxygens (including phenoxy) is 3. The molecule has 0 saturated heterocycles. The summed E-state index contributed by atoms with van der Waals surface area (Å²) in [5.74, 6) is 1.90. The Hall–Kier alpha value is -2.40. The maximum atomic E-state index is 12.9. The summed E-state index contributed by atoms with van der Waals surface area (Å²) in [7, 11) is 1.36. The fourth-order valence-corrected chi connectivity index (χ4v) is 5.53. The maximum Gasteiger partial charge on any atom is 0.338 e. The molecular formula is C25H25BrCl2N4O4S. The van der Waals surface area contributed by atoms with E-state index in [4.69, 9.17) is 37.4 Å². The van der Waals surface area contributed by atoms with Crippen molar-refractivity contribution in [1.82, 2.24) is 14.8 Å². The number of nitrogens with zero attached hydrogens (tertiary/aromatic N) is 3. The highest BCUT2D eigenvalue weighted by Gasteiger charge is 2.36. The van der Waals surface area contributed by atoms with Crippen molar-refractivity contribution >= 4 is 62.8 Å². The Morgan fingerprint density at radius 1 is 1.22 bits per heavy atom. The van der Waals surface area contributed by atoms with E-state index in [2.05, 4.69) is 31.3 Å². The SMILES string of the molecule is CCOc1cc(C2C(C(=O)OC)=C(C)Nc3nc(SCC)nn32)cc(Br)c1OCc1ccc(Cl)cc1Cl. The lowest BCUT2D eigenvalue weighted by atomic mass is 9.95. The van der Waals surface area contributed by atoms with E-state index in [0.29, 0.717) is 55.0 Å². The molecule has 2 heterocycles. The van der Waals surface area contributed by atoms with Crippen LogP contribution in [0.1, 0.15) is 37.9 Å². The van der Waals surface area contributed by atoms with Crippen LogP contribution >= 0.6 is 50.9 Å². The molecule has 4 rings (SSSR count). The van der Waals surface area contributed by atoms with Crippen LogP contribution in [0.2, 0.25) is 10.0 Å². The van der Waals surface area contributed by atoms with E-state index in [1.54, 1.807) is 16.8 Å². The van der Waals surface area contributed by atoms with E-state index in [9.17, 15) is 4.79 Å². The second kappa shape index (κ2) is 12.0. The van der Waals surface area contributed by atoms with Crippen molar-refractivity contribution in [1.29, 1.82) is 0 Å². The van der Waals surface area contributed by atoms with Crippen LogP contribution in [0.25, 0.3) is 0 Å². The van der Waals surface area contributed by atoms with Crippen molar-refractivity contribution < 1.29 is 19.0 Å². The fraction of sp³-hybridized carbons (Fsp3) is 0.320. The predicted molar refractivity (Wildman–Crippen MR) is 149 cm³/mol. The van der Waals surface area contributed by atoms with Gasteiger partial charge in [-0.3, -0.25) is 0 Å². The average Bonchev–Trinajstić information content (AvgIpc) is 3.25. The number of carbonyl (C=O) groups excluding carboxylic acids is 1. The Bertz CT molecular complexity index is 1360. The molecule has 1 aliphatic rings. The molecule has 0 amide bonds. The molecule has 0 bridgehead atoms. The van der Waals surface area contributed by atoms with E-state index in [1.807, 2.05) is 39.0 Å². The number of hydrogen-bond acceptors (Lipinski definition) is 8. The molecule has 12 heteroatoms. The van der Waals surface area contributed by atoms with Gasteiger partial charge in [0.05, 0.1) is 23.8 Å². The lowest BCUT2D eigenvalue weighted by Crippen LogP contribution is -2.29. The molecular weight excluding hydrogens is 603 g/mol. The number of nitrogens with one attached hydrogen (secondary N) is 1. The zero-order valence-corrected chi connectivity index (χ0v) is 24.5. The maximum absolute atomic E-state index is 12.9. The number of rotatable bonds is 9. The van der Waals surface area contributed by atoms with Gasteiger partial charge in [-0.25, -0.2) is 9.48 Å². The summed E-state index contributed by atoms with van der Waals surface area (Å²) in [6, 6.07) is 8.37. The van der Waals surface area contributed by atoms with Crippen LogP contribution in [0, 0.1) is 0 Å². The van der Waals surface area contributed by atoms with Crippen LogP contribution < -0.4 is 14.8 Å². The van der Waals surface area contributed by atoms with Crippen molar-refractivity contribution in [2.24, 2.45) is 0 Å². The van der Waals surface area contributed by atoms with Crippen LogP contribution in [0.4, 0.5) is 5.95 Å². The highest BCUT2D eigenvalue weighted by Crippen LogP contribution is 2.43. The van der Waals surface area contributed by atoms with Crippen LogP contribution in [-0.4, -0.2) is 40.2 Å². The predicted octanol–water partition coefficient (Wildman–Crippen LogP) is 6.90. The molecule has 1 unspecified atom stereocenters. The molecule has 37 heavy (non-hydrogen) atoms. The molecule has 2 aromatic carbocycles. The minimum atomic E-state index is -0.599. The fourth-order valence-electron chi connectivity index (χ4n) is 3.94. The second-order valence-corrected chi connectivity index (χ2v) is 10.9. The zero-order chi connectivity index (χ0) is 26.7. The minimum Gasteiger partial charge on any atom is -0.490 e. The number of methoxy groups -OCH3 is 1. The first kappa shape index (κ1) is 27.6. The number of halogens is 3. The van der Waals surface area contributed by atoms with E-state index in [1.165, 1.54) is 18.9 Å². The quantitative estimate of drug-likeness (QED) is 0.202. The van der Waals surface area contributed by atoms with Crippen molar-refractivity contribution in [2.45, 2.75) is 38.6 Å². The number of esters is 1. The van der Waals surface area contributed by atoms with E-state index >= 15 is 0 Å². The number of carbonyl (C=O) groups is 1. The van der Waals surface area contributed by atoms with Crippen molar-refractivity contribution in [3.8, 4) is 11.5 Å². The molecule has 3 aromatic rings. The van der Waals surface area contributed by atoms with Gasteiger partial charge >= 0.3 is 5.97 Å². The third-order valence-corrected chi connectivity index (χ3v) is 7.44. The summed E-state index contributed by atoms with van der Waals surface area (Å²) < 4.78 is 19.6. The molecule has 8 nitrogen and oxygen atoms in total. The average molecular weight is 628 g/mol. The minimum absolute atomic E-state index is 0.207. The monoisotopic (exact) mass is 626 g/mol.